The van der Waals surface area contributed by atoms with Gasteiger partial charge in [0.15, 0.2) is 0 Å². The van der Waals surface area contributed by atoms with Crippen LogP contribution in [0.4, 0.5) is 11.4 Å². The Morgan fingerprint density at radius 1 is 1.16 bits per heavy atom. The summed E-state index contributed by atoms with van der Waals surface area (Å²) in [4.78, 5) is 13.2. The molecule has 8 nitrogen and oxygen atoms in total. The van der Waals surface area contributed by atoms with Crippen LogP contribution in [0.25, 0.3) is 0 Å². The Morgan fingerprint density at radius 2 is 1.84 bits per heavy atom. The number of hydrogen-bond acceptors (Lipinski definition) is 8. The number of aliphatic hydroxyl groups excluding tert-OH is 2. The van der Waals surface area contributed by atoms with Crippen LogP contribution in [0.2, 0.25) is 0 Å². The predicted molar refractivity (Wildman–Crippen MR) is 107 cm³/mol. The average Bonchev–Trinajstić information content (AvgIpc) is 2.70. The molecule has 0 radical (unpaired) electrons. The summed E-state index contributed by atoms with van der Waals surface area (Å²) in [6, 6.07) is 11.4. The Balaban J connectivity index is 0.000000885. The molecule has 0 aromatic heterocycles. The Bertz CT molecular complexity index is 1030. The summed E-state index contributed by atoms with van der Waals surface area (Å²) in [6.07, 6.45) is 6.55. The van der Waals surface area contributed by atoms with Crippen LogP contribution >= 0.6 is 0 Å². The molecule has 3 N–H and O–H groups in total. The van der Waals surface area contributed by atoms with Gasteiger partial charge >= 0.3 is 17.1 Å². The van der Waals surface area contributed by atoms with E-state index in [0.29, 0.717) is 16.9 Å². The molecular formula is C22H19MnN2O6. The number of aliphatic hydroxyl groups is 2. The minimum absolute atomic E-state index is 0. The van der Waals surface area contributed by atoms with Crippen LogP contribution < -0.4 is 20.6 Å². The van der Waals surface area contributed by atoms with E-state index in [9.17, 15) is 20.4 Å². The second kappa shape index (κ2) is 12.2. The number of rotatable bonds is 4. The van der Waals surface area contributed by atoms with Crippen molar-refractivity contribution in [2.45, 2.75) is 13.0 Å². The van der Waals surface area contributed by atoms with Crippen LogP contribution in [0.15, 0.2) is 83.2 Å². The molecule has 0 fully saturated rings. The van der Waals surface area contributed by atoms with E-state index >= 15 is 0 Å². The number of benzene rings is 2. The molecule has 2 aromatic carbocycles. The van der Waals surface area contributed by atoms with Gasteiger partial charge in [0.2, 0.25) is 0 Å². The second-order valence-electron chi connectivity index (χ2n) is 6.08. The zero-order valence-electron chi connectivity index (χ0n) is 16.4. The molecule has 31 heavy (non-hydrogen) atoms. The third-order valence-electron chi connectivity index (χ3n) is 3.80. The van der Waals surface area contributed by atoms with Crippen molar-refractivity contribution in [3.63, 3.8) is 0 Å². The third kappa shape index (κ3) is 7.67. The van der Waals surface area contributed by atoms with Crippen molar-refractivity contribution in [2.75, 3.05) is 5.32 Å². The zero-order valence-corrected chi connectivity index (χ0v) is 17.5. The van der Waals surface area contributed by atoms with E-state index in [0.717, 1.165) is 6.92 Å². The van der Waals surface area contributed by atoms with Gasteiger partial charge in [-0.2, -0.15) is 0 Å². The molecule has 0 bridgehead atoms. The molecule has 0 amide bonds. The van der Waals surface area contributed by atoms with E-state index in [1.54, 1.807) is 36.6 Å². The van der Waals surface area contributed by atoms with Gasteiger partial charge in [-0.3, -0.25) is 4.99 Å². The van der Waals surface area contributed by atoms with Gasteiger partial charge in [-0.05, 0) is 30.7 Å². The van der Waals surface area contributed by atoms with Crippen molar-refractivity contribution in [3.05, 3.63) is 83.8 Å². The summed E-state index contributed by atoms with van der Waals surface area (Å²) < 4.78 is 0. The summed E-state index contributed by atoms with van der Waals surface area (Å²) in [5.41, 5.74) is 1.89. The minimum atomic E-state index is -1.09. The molecular weight excluding hydrogens is 443 g/mol. The maximum absolute atomic E-state index is 11.8. The number of para-hydroxylation sites is 3. The van der Waals surface area contributed by atoms with Gasteiger partial charge in [-0.1, -0.05) is 42.5 Å². The number of carboxylic acids is 1. The Labute approximate surface area is 189 Å². The van der Waals surface area contributed by atoms with Crippen LogP contribution in [0.5, 0.6) is 11.5 Å². The normalized spacial score (nSPS) is 16.1. The van der Waals surface area contributed by atoms with Crippen LogP contribution in [-0.4, -0.2) is 28.5 Å². The topological polar surface area (TPSA) is 151 Å². The summed E-state index contributed by atoms with van der Waals surface area (Å²) in [5.74, 6) is -2.38. The van der Waals surface area contributed by atoms with E-state index in [1.807, 2.05) is 6.07 Å². The summed E-state index contributed by atoms with van der Waals surface area (Å²) in [5, 5.41) is 54.6. The molecule has 1 aliphatic rings. The van der Waals surface area contributed by atoms with Crippen molar-refractivity contribution >= 4 is 23.6 Å². The molecule has 0 saturated heterocycles. The molecule has 1 aliphatic carbocycles. The first-order valence-electron chi connectivity index (χ1n) is 8.79. The number of carbonyl (C=O) groups excluding carboxylic acids is 1. The van der Waals surface area contributed by atoms with E-state index in [2.05, 4.69) is 10.3 Å². The Hall–Kier alpha value is -3.52. The fraction of sp³-hybridized carbons (Fsp3) is 0.0909. The first-order valence-corrected chi connectivity index (χ1v) is 8.79. The minimum Gasteiger partial charge on any atom is -0.873 e. The van der Waals surface area contributed by atoms with E-state index < -0.39 is 23.6 Å². The van der Waals surface area contributed by atoms with E-state index in [-0.39, 0.29) is 28.4 Å². The maximum Gasteiger partial charge on any atom is 3.00 e. The van der Waals surface area contributed by atoms with Gasteiger partial charge in [0, 0.05) is 24.0 Å². The number of carbonyl (C=O) groups is 1. The van der Waals surface area contributed by atoms with Crippen LogP contribution in [0.1, 0.15) is 12.5 Å². The predicted octanol–water partition coefficient (Wildman–Crippen LogP) is 1.01. The third-order valence-corrected chi connectivity index (χ3v) is 3.80. The number of carboxylic acid groups (broad SMARTS) is 1. The molecule has 0 saturated carbocycles. The van der Waals surface area contributed by atoms with Gasteiger partial charge < -0.3 is 35.6 Å². The van der Waals surface area contributed by atoms with Gasteiger partial charge in [0.25, 0.3) is 0 Å². The molecule has 0 aliphatic heterocycles. The number of hydrogen-bond donors (Lipinski definition) is 3. The smallest absolute Gasteiger partial charge is 0.873 e. The molecule has 0 heterocycles. The summed E-state index contributed by atoms with van der Waals surface area (Å²) >= 11 is 0. The largest absolute Gasteiger partial charge is 3.00 e. The van der Waals surface area contributed by atoms with Crippen molar-refractivity contribution in [2.24, 2.45) is 4.99 Å². The number of allylic oxidation sites excluding steroid dienone is 2. The summed E-state index contributed by atoms with van der Waals surface area (Å²) in [7, 11) is 0. The molecule has 9 heteroatoms. The standard InChI is InChI=1S/C20H18N2O4.C2H4O2.Mn/c23-17-9-3-5-13(19(17)25)11-21-15-7-1-2-8-16(15)22-12-14-6-4-10-18(24)20(14)26;1-2(3)4;/h1-12,19,21,23-26H;1H3,(H,3,4);/q;;+3/p-3/b13-11-,22-12?;;. The molecule has 1 unspecified atom stereocenters. The first kappa shape index (κ1) is 25.5. The summed E-state index contributed by atoms with van der Waals surface area (Å²) in [6.45, 7) is 0.972. The Morgan fingerprint density at radius 3 is 2.55 bits per heavy atom. The molecule has 2 aromatic rings. The molecule has 0 spiro atoms. The van der Waals surface area contributed by atoms with Crippen LogP contribution in [-0.2, 0) is 21.9 Å². The Kier molecular flexibility index (Phi) is 10.1. The van der Waals surface area contributed by atoms with E-state index in [4.69, 9.17) is 9.90 Å². The van der Waals surface area contributed by atoms with Crippen molar-refractivity contribution in [3.8, 4) is 11.5 Å². The monoisotopic (exact) mass is 462 g/mol. The average molecular weight is 462 g/mol. The van der Waals surface area contributed by atoms with Gasteiger partial charge in [0.05, 0.1) is 11.4 Å². The fourth-order valence-electron chi connectivity index (χ4n) is 2.38. The maximum atomic E-state index is 11.8. The van der Waals surface area contributed by atoms with Crippen molar-refractivity contribution in [1.82, 2.24) is 0 Å². The quantitative estimate of drug-likeness (QED) is 0.453. The number of nitrogens with one attached hydrogen (secondary N) is 1. The van der Waals surface area contributed by atoms with Crippen molar-refractivity contribution < 1.29 is 47.4 Å². The number of nitrogens with zero attached hydrogens (tertiary/aromatic N) is 1. The van der Waals surface area contributed by atoms with Gasteiger partial charge in [-0.25, -0.2) is 0 Å². The first-order chi connectivity index (χ1) is 14.3. The number of aliphatic imine (C=N–C) groups is 1. The number of aliphatic carboxylic acids is 1. The second-order valence-corrected chi connectivity index (χ2v) is 6.08. The molecule has 160 valence electrons. The van der Waals surface area contributed by atoms with Gasteiger partial charge in [-0.15, -0.1) is 11.5 Å². The van der Waals surface area contributed by atoms with Crippen LogP contribution in [0, 0.1) is 0 Å². The molecule has 3 rings (SSSR count). The van der Waals surface area contributed by atoms with Crippen LogP contribution in [0.3, 0.4) is 0 Å². The molecule has 1 atom stereocenters. The van der Waals surface area contributed by atoms with Crippen molar-refractivity contribution in [1.29, 1.82) is 0 Å². The SMILES string of the molecule is CC(=O)[O-].[Mn+3].[O-]c1cccc(C=Nc2ccccc2N/C=C2/C=CC=C(O)C2O)c1[O-]. The fourth-order valence-corrected chi connectivity index (χ4v) is 2.38. The number of anilines is 1. The van der Waals surface area contributed by atoms with E-state index in [1.165, 1.54) is 30.5 Å². The zero-order chi connectivity index (χ0) is 22.1. The van der Waals surface area contributed by atoms with Gasteiger partial charge in [0.1, 0.15) is 11.9 Å².